The van der Waals surface area contributed by atoms with E-state index in [-0.39, 0.29) is 0 Å². The Bertz CT molecular complexity index is 244. The normalized spacial score (nSPS) is 12.9. The number of aromatic amines is 1. The molecular weight excluding hydrogens is 198 g/mol. The van der Waals surface area contributed by atoms with Gasteiger partial charge < -0.3 is 10.3 Å². The molecular formula is C13H25N3. The highest BCUT2D eigenvalue weighted by Gasteiger charge is 2.09. The number of unbranched alkanes of at least 4 members (excludes halogenated alkanes) is 2. The molecule has 0 saturated heterocycles. The van der Waals surface area contributed by atoms with Gasteiger partial charge in [-0.1, -0.05) is 33.1 Å². The van der Waals surface area contributed by atoms with E-state index >= 15 is 0 Å². The molecule has 1 heterocycles. The fourth-order valence-corrected chi connectivity index (χ4v) is 1.91. The van der Waals surface area contributed by atoms with Gasteiger partial charge >= 0.3 is 0 Å². The number of nitrogens with zero attached hydrogens (tertiary/aromatic N) is 1. The summed E-state index contributed by atoms with van der Waals surface area (Å²) in [4.78, 5) is 7.48. The quantitative estimate of drug-likeness (QED) is 0.632. The molecule has 1 unspecified atom stereocenters. The lowest BCUT2D eigenvalue weighted by Crippen LogP contribution is -2.32. The Labute approximate surface area is 99.1 Å². The molecule has 1 aromatic heterocycles. The van der Waals surface area contributed by atoms with Crippen molar-refractivity contribution in [2.45, 2.75) is 58.4 Å². The third-order valence-corrected chi connectivity index (χ3v) is 2.83. The van der Waals surface area contributed by atoms with Gasteiger partial charge in [-0.25, -0.2) is 4.98 Å². The molecule has 92 valence electrons. The Kier molecular flexibility index (Phi) is 6.90. The minimum atomic E-state index is 0.581. The molecule has 1 rings (SSSR count). The van der Waals surface area contributed by atoms with Crippen molar-refractivity contribution in [1.29, 1.82) is 0 Å². The molecule has 0 aliphatic heterocycles. The molecule has 0 bridgehead atoms. The molecule has 0 amide bonds. The van der Waals surface area contributed by atoms with Crippen LogP contribution in [0.3, 0.4) is 0 Å². The minimum Gasteiger partial charge on any atom is -0.349 e. The second-order valence-corrected chi connectivity index (χ2v) is 4.39. The van der Waals surface area contributed by atoms with Gasteiger partial charge in [0, 0.05) is 24.9 Å². The van der Waals surface area contributed by atoms with Crippen LogP contribution in [0.2, 0.25) is 0 Å². The van der Waals surface area contributed by atoms with Crippen LogP contribution in [0.4, 0.5) is 0 Å². The smallest absolute Gasteiger partial charge is 0.107 e. The molecule has 0 aromatic carbocycles. The second-order valence-electron chi connectivity index (χ2n) is 4.39. The highest BCUT2D eigenvalue weighted by Crippen LogP contribution is 2.07. The first-order valence-electron chi connectivity index (χ1n) is 6.58. The lowest BCUT2D eigenvalue weighted by Gasteiger charge is -2.17. The summed E-state index contributed by atoms with van der Waals surface area (Å²) in [5, 5.41) is 3.61. The maximum atomic E-state index is 4.30. The molecule has 3 nitrogen and oxygen atoms in total. The first kappa shape index (κ1) is 13.2. The maximum Gasteiger partial charge on any atom is 0.107 e. The van der Waals surface area contributed by atoms with Crippen molar-refractivity contribution in [2.24, 2.45) is 0 Å². The number of imidazole rings is 1. The van der Waals surface area contributed by atoms with E-state index in [1.165, 1.54) is 32.1 Å². The monoisotopic (exact) mass is 223 g/mol. The molecule has 16 heavy (non-hydrogen) atoms. The van der Waals surface area contributed by atoms with Gasteiger partial charge in [0.2, 0.25) is 0 Å². The van der Waals surface area contributed by atoms with Crippen molar-refractivity contribution in [1.82, 2.24) is 15.3 Å². The predicted octanol–water partition coefficient (Wildman–Crippen LogP) is 2.90. The van der Waals surface area contributed by atoms with Gasteiger partial charge in [0.25, 0.3) is 0 Å². The number of hydrogen-bond donors (Lipinski definition) is 2. The van der Waals surface area contributed by atoms with E-state index in [1.807, 2.05) is 12.4 Å². The van der Waals surface area contributed by atoms with E-state index in [2.05, 4.69) is 29.1 Å². The van der Waals surface area contributed by atoms with Crippen molar-refractivity contribution in [3.05, 3.63) is 18.2 Å². The summed E-state index contributed by atoms with van der Waals surface area (Å²) in [6.45, 7) is 5.57. The van der Waals surface area contributed by atoms with E-state index in [4.69, 9.17) is 0 Å². The standard InChI is InChI=1S/C13H25N3/c1-3-5-6-7-12(14-8-4-2)11-13-15-9-10-16-13/h9-10,12,14H,3-8,11H2,1-2H3,(H,15,16). The molecule has 2 N–H and O–H groups in total. The predicted molar refractivity (Wildman–Crippen MR) is 68.5 cm³/mol. The summed E-state index contributed by atoms with van der Waals surface area (Å²) >= 11 is 0. The van der Waals surface area contributed by atoms with Gasteiger partial charge in [-0.05, 0) is 19.4 Å². The van der Waals surface area contributed by atoms with Crippen molar-refractivity contribution in [3.8, 4) is 0 Å². The van der Waals surface area contributed by atoms with E-state index in [0.717, 1.165) is 18.8 Å². The topological polar surface area (TPSA) is 40.7 Å². The van der Waals surface area contributed by atoms with E-state index in [9.17, 15) is 0 Å². The summed E-state index contributed by atoms with van der Waals surface area (Å²) in [5.41, 5.74) is 0. The lowest BCUT2D eigenvalue weighted by atomic mass is 10.1. The highest BCUT2D eigenvalue weighted by molar-refractivity contribution is 4.91. The zero-order chi connectivity index (χ0) is 11.6. The number of nitrogens with one attached hydrogen (secondary N) is 2. The third kappa shape index (κ3) is 5.31. The molecule has 1 aromatic rings. The van der Waals surface area contributed by atoms with Crippen LogP contribution in [-0.2, 0) is 6.42 Å². The van der Waals surface area contributed by atoms with E-state index in [1.54, 1.807) is 0 Å². The fraction of sp³-hybridized carbons (Fsp3) is 0.769. The molecule has 0 aliphatic carbocycles. The Hall–Kier alpha value is -0.830. The van der Waals surface area contributed by atoms with Crippen molar-refractivity contribution in [3.63, 3.8) is 0 Å². The molecule has 3 heteroatoms. The molecule has 0 radical (unpaired) electrons. The van der Waals surface area contributed by atoms with Crippen molar-refractivity contribution >= 4 is 0 Å². The molecule has 0 spiro atoms. The molecule has 0 fully saturated rings. The summed E-state index contributed by atoms with van der Waals surface area (Å²) in [6.07, 6.45) is 11.2. The van der Waals surface area contributed by atoms with Crippen LogP contribution in [0, 0.1) is 0 Å². The summed E-state index contributed by atoms with van der Waals surface area (Å²) < 4.78 is 0. The van der Waals surface area contributed by atoms with Crippen LogP contribution in [0.25, 0.3) is 0 Å². The van der Waals surface area contributed by atoms with Gasteiger partial charge in [0.1, 0.15) is 5.82 Å². The third-order valence-electron chi connectivity index (χ3n) is 2.83. The number of aromatic nitrogens is 2. The van der Waals surface area contributed by atoms with Crippen LogP contribution in [0.5, 0.6) is 0 Å². The zero-order valence-corrected chi connectivity index (χ0v) is 10.6. The van der Waals surface area contributed by atoms with Crippen molar-refractivity contribution in [2.75, 3.05) is 6.54 Å². The fourth-order valence-electron chi connectivity index (χ4n) is 1.91. The van der Waals surface area contributed by atoms with Crippen LogP contribution >= 0.6 is 0 Å². The van der Waals surface area contributed by atoms with Gasteiger partial charge in [-0.15, -0.1) is 0 Å². The maximum absolute atomic E-state index is 4.30. The average Bonchev–Trinajstić information content (AvgIpc) is 2.78. The molecule has 0 aliphatic rings. The second kappa shape index (κ2) is 8.34. The lowest BCUT2D eigenvalue weighted by molar-refractivity contribution is 0.450. The zero-order valence-electron chi connectivity index (χ0n) is 10.6. The van der Waals surface area contributed by atoms with Crippen LogP contribution in [0.15, 0.2) is 12.4 Å². The van der Waals surface area contributed by atoms with Crippen LogP contribution < -0.4 is 5.32 Å². The molecule has 0 saturated carbocycles. The SMILES string of the molecule is CCCCCC(Cc1ncc[nH]1)NCCC. The van der Waals surface area contributed by atoms with Crippen LogP contribution in [-0.4, -0.2) is 22.6 Å². The largest absolute Gasteiger partial charge is 0.349 e. The van der Waals surface area contributed by atoms with Crippen molar-refractivity contribution < 1.29 is 0 Å². The first-order valence-corrected chi connectivity index (χ1v) is 6.58. The number of H-pyrrole nitrogens is 1. The highest BCUT2D eigenvalue weighted by atomic mass is 14.9. The van der Waals surface area contributed by atoms with Gasteiger partial charge in [-0.3, -0.25) is 0 Å². The minimum absolute atomic E-state index is 0.581. The molecule has 1 atom stereocenters. The summed E-state index contributed by atoms with van der Waals surface area (Å²) in [7, 11) is 0. The van der Waals surface area contributed by atoms with Crippen LogP contribution in [0.1, 0.15) is 51.8 Å². The van der Waals surface area contributed by atoms with E-state index < -0.39 is 0 Å². The summed E-state index contributed by atoms with van der Waals surface area (Å²) in [6, 6.07) is 0.581. The van der Waals surface area contributed by atoms with Gasteiger partial charge in [0.05, 0.1) is 0 Å². The Morgan fingerprint density at radius 3 is 2.81 bits per heavy atom. The number of rotatable bonds is 9. The Balaban J connectivity index is 2.31. The summed E-state index contributed by atoms with van der Waals surface area (Å²) in [5.74, 6) is 1.10. The van der Waals surface area contributed by atoms with Gasteiger partial charge in [-0.2, -0.15) is 0 Å². The Morgan fingerprint density at radius 2 is 2.19 bits per heavy atom. The Morgan fingerprint density at radius 1 is 1.31 bits per heavy atom. The van der Waals surface area contributed by atoms with E-state index in [0.29, 0.717) is 6.04 Å². The average molecular weight is 223 g/mol. The first-order chi connectivity index (χ1) is 7.86. The van der Waals surface area contributed by atoms with Gasteiger partial charge in [0.15, 0.2) is 0 Å². The number of hydrogen-bond acceptors (Lipinski definition) is 2.